The molecule has 0 spiro atoms. The molecule has 0 aromatic carbocycles. The molecular formula is C14H24N4O3. The van der Waals surface area contributed by atoms with Crippen LogP contribution >= 0.6 is 0 Å². The number of carbonyl (C=O) groups is 3. The topological polar surface area (TPSA) is 81.8 Å². The first-order valence-corrected chi connectivity index (χ1v) is 7.72. The second-order valence-corrected chi connectivity index (χ2v) is 5.56. The number of urea groups is 1. The predicted octanol–water partition coefficient (Wildman–Crippen LogP) is -0.0811. The predicted molar refractivity (Wildman–Crippen MR) is 77.6 cm³/mol. The Morgan fingerprint density at radius 2 is 1.95 bits per heavy atom. The van der Waals surface area contributed by atoms with Crippen LogP contribution in [0.3, 0.4) is 0 Å². The maximum Gasteiger partial charge on any atom is 0.317 e. The SMILES string of the molecule is CCCNC(=O)N1CCCN(C(=O)C2CCC(=O)N2)CC1. The molecule has 0 aliphatic carbocycles. The lowest BCUT2D eigenvalue weighted by molar-refractivity contribution is -0.134. The molecule has 2 rings (SSSR count). The van der Waals surface area contributed by atoms with Crippen molar-refractivity contribution in [2.24, 2.45) is 0 Å². The first-order valence-electron chi connectivity index (χ1n) is 7.72. The molecule has 4 amide bonds. The highest BCUT2D eigenvalue weighted by Gasteiger charge is 2.31. The Kier molecular flexibility index (Phi) is 5.41. The first kappa shape index (κ1) is 15.6. The molecule has 1 atom stereocenters. The lowest BCUT2D eigenvalue weighted by atomic mass is 10.2. The number of hydrogen-bond donors (Lipinski definition) is 2. The number of nitrogens with zero attached hydrogens (tertiary/aromatic N) is 2. The van der Waals surface area contributed by atoms with E-state index < -0.39 is 0 Å². The zero-order valence-electron chi connectivity index (χ0n) is 12.6. The average Bonchev–Trinajstić information content (AvgIpc) is 2.76. The zero-order valence-corrected chi connectivity index (χ0v) is 12.6. The van der Waals surface area contributed by atoms with Crippen molar-refractivity contribution in [2.75, 3.05) is 32.7 Å². The van der Waals surface area contributed by atoms with Gasteiger partial charge >= 0.3 is 6.03 Å². The van der Waals surface area contributed by atoms with Gasteiger partial charge in [0.05, 0.1) is 0 Å². The van der Waals surface area contributed by atoms with Gasteiger partial charge in [-0.15, -0.1) is 0 Å². The van der Waals surface area contributed by atoms with Gasteiger partial charge in [0.25, 0.3) is 0 Å². The highest BCUT2D eigenvalue weighted by molar-refractivity contribution is 5.90. The molecule has 7 heteroatoms. The summed E-state index contributed by atoms with van der Waals surface area (Å²) in [6.07, 6.45) is 2.68. The molecule has 2 N–H and O–H groups in total. The van der Waals surface area contributed by atoms with Gasteiger partial charge < -0.3 is 20.4 Å². The van der Waals surface area contributed by atoms with E-state index in [4.69, 9.17) is 0 Å². The third kappa shape index (κ3) is 4.09. The molecule has 0 aromatic heterocycles. The van der Waals surface area contributed by atoms with Crippen LogP contribution in [0, 0.1) is 0 Å². The molecule has 0 radical (unpaired) electrons. The second kappa shape index (κ2) is 7.28. The van der Waals surface area contributed by atoms with E-state index in [0.29, 0.717) is 45.6 Å². The Morgan fingerprint density at radius 1 is 1.24 bits per heavy atom. The van der Waals surface area contributed by atoms with Gasteiger partial charge in [0.2, 0.25) is 11.8 Å². The molecule has 21 heavy (non-hydrogen) atoms. The van der Waals surface area contributed by atoms with Gasteiger partial charge in [0, 0.05) is 39.1 Å². The number of carbonyl (C=O) groups excluding carboxylic acids is 3. The van der Waals surface area contributed by atoms with Crippen LogP contribution in [0.5, 0.6) is 0 Å². The van der Waals surface area contributed by atoms with E-state index in [9.17, 15) is 14.4 Å². The van der Waals surface area contributed by atoms with Crippen molar-refractivity contribution in [3.8, 4) is 0 Å². The number of amides is 4. The van der Waals surface area contributed by atoms with Gasteiger partial charge in [0.15, 0.2) is 0 Å². The van der Waals surface area contributed by atoms with Crippen LogP contribution in [0.2, 0.25) is 0 Å². The fourth-order valence-corrected chi connectivity index (χ4v) is 2.70. The van der Waals surface area contributed by atoms with Crippen molar-refractivity contribution >= 4 is 17.8 Å². The minimum atomic E-state index is -0.377. The van der Waals surface area contributed by atoms with Gasteiger partial charge in [-0.05, 0) is 19.3 Å². The van der Waals surface area contributed by atoms with Crippen LogP contribution in [-0.2, 0) is 9.59 Å². The number of hydrogen-bond acceptors (Lipinski definition) is 3. The molecule has 1 unspecified atom stereocenters. The molecule has 2 aliphatic heterocycles. The maximum absolute atomic E-state index is 12.3. The van der Waals surface area contributed by atoms with Crippen molar-refractivity contribution in [1.29, 1.82) is 0 Å². The van der Waals surface area contributed by atoms with E-state index in [0.717, 1.165) is 12.8 Å². The van der Waals surface area contributed by atoms with Gasteiger partial charge in [-0.25, -0.2) is 4.79 Å². The Balaban J connectivity index is 1.84. The van der Waals surface area contributed by atoms with E-state index in [-0.39, 0.29) is 23.9 Å². The molecule has 2 saturated heterocycles. The second-order valence-electron chi connectivity index (χ2n) is 5.56. The highest BCUT2D eigenvalue weighted by Crippen LogP contribution is 2.12. The molecule has 7 nitrogen and oxygen atoms in total. The van der Waals surface area contributed by atoms with Crippen molar-refractivity contribution < 1.29 is 14.4 Å². The summed E-state index contributed by atoms with van der Waals surface area (Å²) in [7, 11) is 0. The third-order valence-corrected chi connectivity index (χ3v) is 3.91. The summed E-state index contributed by atoms with van der Waals surface area (Å²) in [5, 5.41) is 5.57. The van der Waals surface area contributed by atoms with Gasteiger partial charge in [-0.1, -0.05) is 6.92 Å². The van der Waals surface area contributed by atoms with Crippen LogP contribution < -0.4 is 10.6 Å². The monoisotopic (exact) mass is 296 g/mol. The van der Waals surface area contributed by atoms with Crippen LogP contribution in [0.1, 0.15) is 32.6 Å². The summed E-state index contributed by atoms with van der Waals surface area (Å²) in [6.45, 7) is 5.07. The summed E-state index contributed by atoms with van der Waals surface area (Å²) < 4.78 is 0. The fraction of sp³-hybridized carbons (Fsp3) is 0.786. The van der Waals surface area contributed by atoms with Crippen LogP contribution in [0.15, 0.2) is 0 Å². The maximum atomic E-state index is 12.3. The quantitative estimate of drug-likeness (QED) is 0.764. The Hall–Kier alpha value is -1.79. The van der Waals surface area contributed by atoms with Gasteiger partial charge in [-0.2, -0.15) is 0 Å². The molecule has 2 aliphatic rings. The minimum Gasteiger partial charge on any atom is -0.344 e. The van der Waals surface area contributed by atoms with E-state index in [2.05, 4.69) is 10.6 Å². The van der Waals surface area contributed by atoms with E-state index in [1.807, 2.05) is 6.92 Å². The van der Waals surface area contributed by atoms with Gasteiger partial charge in [-0.3, -0.25) is 9.59 Å². The van der Waals surface area contributed by atoms with Crippen molar-refractivity contribution in [3.05, 3.63) is 0 Å². The fourth-order valence-electron chi connectivity index (χ4n) is 2.70. The minimum absolute atomic E-state index is 0.0170. The highest BCUT2D eigenvalue weighted by atomic mass is 16.2. The molecule has 0 aromatic rings. The van der Waals surface area contributed by atoms with E-state index >= 15 is 0 Å². The normalized spacial score (nSPS) is 22.7. The smallest absolute Gasteiger partial charge is 0.317 e. The van der Waals surface area contributed by atoms with Crippen LogP contribution in [0.25, 0.3) is 0 Å². The van der Waals surface area contributed by atoms with E-state index in [1.165, 1.54) is 0 Å². The summed E-state index contributed by atoms with van der Waals surface area (Å²) in [4.78, 5) is 39.0. The zero-order chi connectivity index (χ0) is 15.2. The van der Waals surface area contributed by atoms with Crippen molar-refractivity contribution in [1.82, 2.24) is 20.4 Å². The number of nitrogens with one attached hydrogen (secondary N) is 2. The average molecular weight is 296 g/mol. The number of rotatable bonds is 3. The Labute approximate surface area is 125 Å². The van der Waals surface area contributed by atoms with E-state index in [1.54, 1.807) is 9.80 Å². The largest absolute Gasteiger partial charge is 0.344 e. The molecule has 0 bridgehead atoms. The summed E-state index contributed by atoms with van der Waals surface area (Å²) in [5.74, 6) is -0.0691. The summed E-state index contributed by atoms with van der Waals surface area (Å²) >= 11 is 0. The molecule has 118 valence electrons. The van der Waals surface area contributed by atoms with Crippen LogP contribution in [-0.4, -0.2) is 66.4 Å². The first-order chi connectivity index (χ1) is 10.1. The van der Waals surface area contributed by atoms with Crippen LogP contribution in [0.4, 0.5) is 4.79 Å². The molecule has 2 fully saturated rings. The summed E-state index contributed by atoms with van der Waals surface area (Å²) in [5.41, 5.74) is 0. The lowest BCUT2D eigenvalue weighted by Gasteiger charge is -2.24. The summed E-state index contributed by atoms with van der Waals surface area (Å²) in [6, 6.07) is -0.432. The lowest BCUT2D eigenvalue weighted by Crippen LogP contribution is -2.46. The van der Waals surface area contributed by atoms with Crippen molar-refractivity contribution in [2.45, 2.75) is 38.6 Å². The Morgan fingerprint density at radius 3 is 2.62 bits per heavy atom. The molecular weight excluding hydrogens is 272 g/mol. The molecule has 2 heterocycles. The van der Waals surface area contributed by atoms with Crippen molar-refractivity contribution in [3.63, 3.8) is 0 Å². The molecule has 0 saturated carbocycles. The Bertz CT molecular complexity index is 413. The van der Waals surface area contributed by atoms with Gasteiger partial charge in [0.1, 0.15) is 6.04 Å². The standard InChI is InChI=1S/C14H24N4O3/c1-2-6-15-14(21)18-8-3-7-17(9-10-18)13(20)11-4-5-12(19)16-11/h11H,2-10H2,1H3,(H,15,21)(H,16,19). The third-order valence-electron chi connectivity index (χ3n) is 3.91.